The number of benzene rings is 1. The van der Waals surface area contributed by atoms with Gasteiger partial charge in [0.25, 0.3) is 0 Å². The molecule has 2 aromatic rings. The summed E-state index contributed by atoms with van der Waals surface area (Å²) in [6, 6.07) is 6.33. The van der Waals surface area contributed by atoms with Crippen LogP contribution in [-0.4, -0.2) is 17.0 Å². The summed E-state index contributed by atoms with van der Waals surface area (Å²) in [5, 5.41) is 9.71. The first-order valence-corrected chi connectivity index (χ1v) is 7.67. The largest absolute Gasteiger partial charge is 0.360 e. The maximum absolute atomic E-state index is 12.4. The third-order valence-electron chi connectivity index (χ3n) is 3.67. The van der Waals surface area contributed by atoms with Crippen LogP contribution in [0.15, 0.2) is 28.8 Å². The van der Waals surface area contributed by atoms with E-state index in [9.17, 15) is 9.59 Å². The van der Waals surface area contributed by atoms with Gasteiger partial charge >= 0.3 is 0 Å². The Bertz CT molecular complexity index is 784. The number of hydrogen-bond acceptors (Lipinski definition) is 4. The molecule has 0 saturated heterocycles. The van der Waals surface area contributed by atoms with E-state index in [2.05, 4.69) is 15.8 Å². The van der Waals surface area contributed by atoms with Gasteiger partial charge in [0.15, 0.2) is 5.82 Å². The average molecular weight is 354 g/mol. The fraction of sp³-hybridized carbons (Fsp3) is 0.267. The van der Waals surface area contributed by atoms with Gasteiger partial charge in [0.2, 0.25) is 11.8 Å². The predicted molar refractivity (Wildman–Crippen MR) is 86.6 cm³/mol. The van der Waals surface area contributed by atoms with Gasteiger partial charge in [-0.1, -0.05) is 28.4 Å². The highest BCUT2D eigenvalue weighted by Gasteiger charge is 2.56. The van der Waals surface area contributed by atoms with Gasteiger partial charge in [-0.05, 0) is 38.0 Å². The molecule has 120 valence electrons. The summed E-state index contributed by atoms with van der Waals surface area (Å²) in [6.07, 6.45) is 0.950. The minimum absolute atomic E-state index is 0.293. The molecular weight excluding hydrogens is 341 g/mol. The number of rotatable bonds is 4. The minimum atomic E-state index is -1.08. The predicted octanol–water partition coefficient (Wildman–Crippen LogP) is 3.65. The molecule has 1 heterocycles. The Morgan fingerprint density at radius 3 is 2.39 bits per heavy atom. The van der Waals surface area contributed by atoms with Crippen LogP contribution in [0.1, 0.15) is 18.6 Å². The molecule has 0 aliphatic heterocycles. The van der Waals surface area contributed by atoms with Crippen LogP contribution in [0.25, 0.3) is 0 Å². The molecule has 0 bridgehead atoms. The summed E-state index contributed by atoms with van der Waals surface area (Å²) in [5.74, 6) is 0.0866. The number of amides is 2. The fourth-order valence-corrected chi connectivity index (χ4v) is 2.47. The molecule has 6 nitrogen and oxygen atoms in total. The Kier molecular flexibility index (Phi) is 4.04. The Balaban J connectivity index is 1.70. The highest BCUT2D eigenvalue weighted by Crippen LogP contribution is 2.47. The SMILES string of the molecule is Cc1cc(NC(=O)C2(C(=O)Nc3ccc(Cl)c(Cl)c3)CC2)no1. The number of aromatic nitrogens is 1. The summed E-state index contributed by atoms with van der Waals surface area (Å²) in [5.41, 5.74) is -0.598. The van der Waals surface area contributed by atoms with Crippen molar-refractivity contribution in [2.75, 3.05) is 10.6 Å². The van der Waals surface area contributed by atoms with Crippen LogP contribution < -0.4 is 10.6 Å². The molecule has 2 amide bonds. The van der Waals surface area contributed by atoms with Crippen molar-refractivity contribution in [3.8, 4) is 0 Å². The maximum Gasteiger partial charge on any atom is 0.241 e. The summed E-state index contributed by atoms with van der Waals surface area (Å²) < 4.78 is 4.89. The van der Waals surface area contributed by atoms with E-state index < -0.39 is 11.3 Å². The van der Waals surface area contributed by atoms with Gasteiger partial charge in [-0.3, -0.25) is 9.59 Å². The second-order valence-corrected chi connectivity index (χ2v) is 6.26. The van der Waals surface area contributed by atoms with E-state index in [0.29, 0.717) is 40.2 Å². The number of carbonyl (C=O) groups excluding carboxylic acids is 2. The van der Waals surface area contributed by atoms with Crippen LogP contribution in [0.2, 0.25) is 10.0 Å². The van der Waals surface area contributed by atoms with Gasteiger partial charge in [0.1, 0.15) is 11.2 Å². The number of nitrogens with one attached hydrogen (secondary N) is 2. The molecule has 0 atom stereocenters. The quantitative estimate of drug-likeness (QED) is 0.821. The highest BCUT2D eigenvalue weighted by atomic mass is 35.5. The van der Waals surface area contributed by atoms with Crippen LogP contribution in [0.5, 0.6) is 0 Å². The molecule has 1 aliphatic carbocycles. The van der Waals surface area contributed by atoms with E-state index in [1.165, 1.54) is 6.07 Å². The lowest BCUT2D eigenvalue weighted by atomic mass is 10.1. The lowest BCUT2D eigenvalue weighted by Crippen LogP contribution is -2.35. The number of carbonyl (C=O) groups is 2. The molecule has 0 spiro atoms. The minimum Gasteiger partial charge on any atom is -0.360 e. The Hall–Kier alpha value is -2.05. The summed E-state index contributed by atoms with van der Waals surface area (Å²) in [6.45, 7) is 1.71. The zero-order valence-corrected chi connectivity index (χ0v) is 13.7. The van der Waals surface area contributed by atoms with Gasteiger partial charge in [0.05, 0.1) is 10.0 Å². The first kappa shape index (κ1) is 15.8. The molecule has 23 heavy (non-hydrogen) atoms. The molecular formula is C15H13Cl2N3O3. The second kappa shape index (κ2) is 5.86. The lowest BCUT2D eigenvalue weighted by molar-refractivity contribution is -0.131. The van der Waals surface area contributed by atoms with E-state index in [0.717, 1.165) is 0 Å². The molecule has 1 fully saturated rings. The monoisotopic (exact) mass is 353 g/mol. The summed E-state index contributed by atoms with van der Waals surface area (Å²) >= 11 is 11.8. The standard InChI is InChI=1S/C15H13Cl2N3O3/c1-8-6-12(20-23-8)19-14(22)15(4-5-15)13(21)18-9-2-3-10(16)11(17)7-9/h2-3,6-7H,4-5H2,1H3,(H,18,21)(H,19,20,22). The Morgan fingerprint density at radius 1 is 1.13 bits per heavy atom. The van der Waals surface area contributed by atoms with Crippen LogP contribution in [0.4, 0.5) is 11.5 Å². The molecule has 8 heteroatoms. The molecule has 2 N–H and O–H groups in total. The van der Waals surface area contributed by atoms with Gasteiger partial charge in [-0.15, -0.1) is 0 Å². The van der Waals surface area contributed by atoms with Crippen molar-refractivity contribution in [2.24, 2.45) is 5.41 Å². The lowest BCUT2D eigenvalue weighted by Gasteiger charge is -2.14. The molecule has 0 radical (unpaired) electrons. The summed E-state index contributed by atoms with van der Waals surface area (Å²) in [4.78, 5) is 24.8. The van der Waals surface area contributed by atoms with Gasteiger partial charge in [-0.25, -0.2) is 0 Å². The maximum atomic E-state index is 12.4. The molecule has 1 aliphatic rings. The smallest absolute Gasteiger partial charge is 0.241 e. The van der Waals surface area contributed by atoms with E-state index in [1.807, 2.05) is 0 Å². The molecule has 1 aromatic heterocycles. The fourth-order valence-electron chi connectivity index (χ4n) is 2.17. The van der Waals surface area contributed by atoms with E-state index in [-0.39, 0.29) is 5.91 Å². The van der Waals surface area contributed by atoms with Crippen molar-refractivity contribution in [1.82, 2.24) is 5.16 Å². The number of halogens is 2. The van der Waals surface area contributed by atoms with E-state index in [4.69, 9.17) is 27.7 Å². The van der Waals surface area contributed by atoms with Gasteiger partial charge in [-0.2, -0.15) is 0 Å². The van der Waals surface area contributed by atoms with Crippen molar-refractivity contribution < 1.29 is 14.1 Å². The van der Waals surface area contributed by atoms with Crippen molar-refractivity contribution in [1.29, 1.82) is 0 Å². The third kappa shape index (κ3) is 3.18. The van der Waals surface area contributed by atoms with Crippen molar-refractivity contribution >= 4 is 46.5 Å². The van der Waals surface area contributed by atoms with Crippen LogP contribution in [0, 0.1) is 12.3 Å². The van der Waals surface area contributed by atoms with Crippen molar-refractivity contribution in [3.05, 3.63) is 40.1 Å². The topological polar surface area (TPSA) is 84.2 Å². The molecule has 3 rings (SSSR count). The van der Waals surface area contributed by atoms with Crippen LogP contribution >= 0.6 is 23.2 Å². The number of nitrogens with zero attached hydrogens (tertiary/aromatic N) is 1. The molecule has 1 saturated carbocycles. The van der Waals surface area contributed by atoms with Gasteiger partial charge in [0, 0.05) is 11.8 Å². The van der Waals surface area contributed by atoms with Crippen molar-refractivity contribution in [3.63, 3.8) is 0 Å². The first-order chi connectivity index (χ1) is 10.9. The number of hydrogen-bond donors (Lipinski definition) is 2. The number of aryl methyl sites for hydroxylation is 1. The zero-order chi connectivity index (χ0) is 16.6. The van der Waals surface area contributed by atoms with E-state index >= 15 is 0 Å². The number of anilines is 2. The first-order valence-electron chi connectivity index (χ1n) is 6.92. The summed E-state index contributed by atoms with van der Waals surface area (Å²) in [7, 11) is 0. The third-order valence-corrected chi connectivity index (χ3v) is 4.41. The zero-order valence-electron chi connectivity index (χ0n) is 12.2. The molecule has 0 unspecified atom stereocenters. The Morgan fingerprint density at radius 2 is 1.83 bits per heavy atom. The van der Waals surface area contributed by atoms with E-state index in [1.54, 1.807) is 25.1 Å². The van der Waals surface area contributed by atoms with Crippen LogP contribution in [-0.2, 0) is 9.59 Å². The highest BCUT2D eigenvalue weighted by molar-refractivity contribution is 6.42. The molecule has 1 aromatic carbocycles. The van der Waals surface area contributed by atoms with Crippen molar-refractivity contribution in [2.45, 2.75) is 19.8 Å². The van der Waals surface area contributed by atoms with Crippen LogP contribution in [0.3, 0.4) is 0 Å². The van der Waals surface area contributed by atoms with Gasteiger partial charge < -0.3 is 15.2 Å². The average Bonchev–Trinajstić information content (AvgIpc) is 3.22. The Labute approximate surface area is 142 Å². The second-order valence-electron chi connectivity index (χ2n) is 5.44. The normalized spacial score (nSPS) is 15.1.